The summed E-state index contributed by atoms with van der Waals surface area (Å²) in [6.07, 6.45) is 0.0803. The maximum absolute atomic E-state index is 8.92. The molecule has 1 atom stereocenters. The molecular weight excluding hydrogens is 218 g/mol. The molecule has 0 radical (unpaired) electrons. The van der Waals surface area contributed by atoms with E-state index in [9.17, 15) is 0 Å². The summed E-state index contributed by atoms with van der Waals surface area (Å²) in [7, 11) is 3.35. The Balaban J connectivity index is 2.29. The molecule has 1 aromatic carbocycles. The molecule has 0 saturated heterocycles. The molecule has 0 saturated carbocycles. The van der Waals surface area contributed by atoms with E-state index < -0.39 is 0 Å². The van der Waals surface area contributed by atoms with E-state index in [-0.39, 0.29) is 12.7 Å². The molecule has 2 N–H and O–H groups in total. The van der Waals surface area contributed by atoms with Crippen LogP contribution < -0.4 is 5.32 Å². The van der Waals surface area contributed by atoms with Crippen LogP contribution in [-0.4, -0.2) is 38.6 Å². The van der Waals surface area contributed by atoms with Crippen LogP contribution in [0, 0.1) is 0 Å². The van der Waals surface area contributed by atoms with Gasteiger partial charge in [-0.15, -0.1) is 0 Å². The molecule has 4 heteroatoms. The van der Waals surface area contributed by atoms with Crippen molar-refractivity contribution in [2.24, 2.45) is 0 Å². The fourth-order valence-corrected chi connectivity index (χ4v) is 1.54. The van der Waals surface area contributed by atoms with E-state index in [0.29, 0.717) is 6.61 Å². The van der Waals surface area contributed by atoms with Gasteiger partial charge in [0.2, 0.25) is 0 Å². The molecule has 0 spiro atoms. The third-order valence-electron chi connectivity index (χ3n) is 2.59. The third kappa shape index (κ3) is 5.28. The number of hydrogen-bond acceptors (Lipinski definition) is 4. The number of ether oxygens (including phenoxy) is 2. The van der Waals surface area contributed by atoms with Crippen molar-refractivity contribution in [3.05, 3.63) is 35.4 Å². The lowest BCUT2D eigenvalue weighted by molar-refractivity contribution is 0.0288. The number of aliphatic hydroxyl groups excluding tert-OH is 1. The van der Waals surface area contributed by atoms with E-state index in [4.69, 9.17) is 14.6 Å². The second-order valence-electron chi connectivity index (χ2n) is 3.92. The largest absolute Gasteiger partial charge is 0.392 e. The number of hydrogen-bond donors (Lipinski definition) is 2. The summed E-state index contributed by atoms with van der Waals surface area (Å²) in [4.78, 5) is 0. The van der Waals surface area contributed by atoms with Crippen molar-refractivity contribution in [1.29, 1.82) is 0 Å². The molecule has 1 unspecified atom stereocenters. The Kier molecular flexibility index (Phi) is 6.81. The second-order valence-corrected chi connectivity index (χ2v) is 3.92. The van der Waals surface area contributed by atoms with Crippen LogP contribution in [0.15, 0.2) is 24.3 Å². The average molecular weight is 239 g/mol. The van der Waals surface area contributed by atoms with Crippen molar-refractivity contribution in [2.75, 3.05) is 27.4 Å². The van der Waals surface area contributed by atoms with Gasteiger partial charge in [-0.05, 0) is 11.1 Å². The second kappa shape index (κ2) is 8.20. The molecule has 0 heterocycles. The number of methoxy groups -OCH3 is 2. The van der Waals surface area contributed by atoms with E-state index in [1.807, 2.05) is 24.3 Å². The highest BCUT2D eigenvalue weighted by Crippen LogP contribution is 2.04. The van der Waals surface area contributed by atoms with Crippen LogP contribution in [0.4, 0.5) is 0 Å². The Morgan fingerprint density at radius 2 is 1.82 bits per heavy atom. The highest BCUT2D eigenvalue weighted by molar-refractivity contribution is 5.21. The topological polar surface area (TPSA) is 50.7 Å². The van der Waals surface area contributed by atoms with Crippen molar-refractivity contribution in [3.8, 4) is 0 Å². The average Bonchev–Trinajstić information content (AvgIpc) is 2.38. The van der Waals surface area contributed by atoms with Crippen LogP contribution in [-0.2, 0) is 22.6 Å². The van der Waals surface area contributed by atoms with Gasteiger partial charge in [-0.3, -0.25) is 0 Å². The molecule has 0 fully saturated rings. The standard InChI is InChI=1S/C13H21NO3/c1-16-10-13(17-2)8-14-7-11-3-5-12(9-15)6-4-11/h3-6,13-15H,7-10H2,1-2H3. The summed E-state index contributed by atoms with van der Waals surface area (Å²) in [5, 5.41) is 12.2. The van der Waals surface area contributed by atoms with Gasteiger partial charge in [0.25, 0.3) is 0 Å². The molecule has 4 nitrogen and oxygen atoms in total. The minimum Gasteiger partial charge on any atom is -0.392 e. The monoisotopic (exact) mass is 239 g/mol. The molecule has 0 aliphatic rings. The van der Waals surface area contributed by atoms with E-state index in [0.717, 1.165) is 18.7 Å². The van der Waals surface area contributed by atoms with Crippen LogP contribution in [0.25, 0.3) is 0 Å². The quantitative estimate of drug-likeness (QED) is 0.708. The Morgan fingerprint density at radius 1 is 1.18 bits per heavy atom. The van der Waals surface area contributed by atoms with Gasteiger partial charge in [0, 0.05) is 27.3 Å². The van der Waals surface area contributed by atoms with Crippen molar-refractivity contribution >= 4 is 0 Å². The van der Waals surface area contributed by atoms with Crippen molar-refractivity contribution in [2.45, 2.75) is 19.3 Å². The summed E-state index contributed by atoms with van der Waals surface area (Å²) in [6, 6.07) is 7.88. The van der Waals surface area contributed by atoms with E-state index >= 15 is 0 Å². The van der Waals surface area contributed by atoms with Crippen LogP contribution in [0.1, 0.15) is 11.1 Å². The van der Waals surface area contributed by atoms with E-state index in [1.165, 1.54) is 5.56 Å². The first-order valence-electron chi connectivity index (χ1n) is 5.71. The summed E-state index contributed by atoms with van der Waals surface area (Å²) in [5.41, 5.74) is 2.12. The minimum atomic E-state index is 0.0803. The van der Waals surface area contributed by atoms with Gasteiger partial charge in [-0.25, -0.2) is 0 Å². The first-order valence-corrected chi connectivity index (χ1v) is 5.71. The SMILES string of the molecule is COCC(CNCc1ccc(CO)cc1)OC. The third-order valence-corrected chi connectivity index (χ3v) is 2.59. The molecule has 1 rings (SSSR count). The van der Waals surface area contributed by atoms with Crippen molar-refractivity contribution in [3.63, 3.8) is 0 Å². The van der Waals surface area contributed by atoms with Crippen molar-refractivity contribution < 1.29 is 14.6 Å². The number of aliphatic hydroxyl groups is 1. The summed E-state index contributed by atoms with van der Waals surface area (Å²) in [5.74, 6) is 0. The fourth-order valence-electron chi connectivity index (χ4n) is 1.54. The van der Waals surface area contributed by atoms with E-state index in [2.05, 4.69) is 5.32 Å². The fraction of sp³-hybridized carbons (Fsp3) is 0.538. The maximum atomic E-state index is 8.92. The molecule has 0 bridgehead atoms. The normalized spacial score (nSPS) is 12.6. The van der Waals surface area contributed by atoms with Gasteiger partial charge in [0.15, 0.2) is 0 Å². The van der Waals surface area contributed by atoms with Crippen LogP contribution >= 0.6 is 0 Å². The van der Waals surface area contributed by atoms with Crippen LogP contribution in [0.2, 0.25) is 0 Å². The highest BCUT2D eigenvalue weighted by atomic mass is 16.5. The molecule has 0 aromatic heterocycles. The zero-order valence-electron chi connectivity index (χ0n) is 10.5. The summed E-state index contributed by atoms with van der Waals surface area (Å²) < 4.78 is 10.3. The van der Waals surface area contributed by atoms with Gasteiger partial charge < -0.3 is 19.9 Å². The van der Waals surface area contributed by atoms with Gasteiger partial charge in [-0.1, -0.05) is 24.3 Å². The first kappa shape index (κ1) is 14.1. The lowest BCUT2D eigenvalue weighted by Crippen LogP contribution is -2.31. The van der Waals surface area contributed by atoms with Gasteiger partial charge in [0.05, 0.1) is 19.3 Å². The highest BCUT2D eigenvalue weighted by Gasteiger charge is 2.05. The van der Waals surface area contributed by atoms with Crippen molar-refractivity contribution in [1.82, 2.24) is 5.32 Å². The smallest absolute Gasteiger partial charge is 0.0928 e. The Morgan fingerprint density at radius 3 is 2.35 bits per heavy atom. The lowest BCUT2D eigenvalue weighted by Gasteiger charge is -2.15. The Bertz CT molecular complexity index is 300. The van der Waals surface area contributed by atoms with Crippen LogP contribution in [0.5, 0.6) is 0 Å². The Labute approximate surface area is 103 Å². The van der Waals surface area contributed by atoms with E-state index in [1.54, 1.807) is 14.2 Å². The molecule has 0 aliphatic heterocycles. The number of rotatable bonds is 8. The summed E-state index contributed by atoms with van der Waals surface area (Å²) >= 11 is 0. The number of nitrogens with one attached hydrogen (secondary N) is 1. The van der Waals surface area contributed by atoms with Gasteiger partial charge >= 0.3 is 0 Å². The van der Waals surface area contributed by atoms with Crippen LogP contribution in [0.3, 0.4) is 0 Å². The maximum Gasteiger partial charge on any atom is 0.0928 e. The molecule has 1 aromatic rings. The predicted octanol–water partition coefficient (Wildman–Crippen LogP) is 0.930. The molecule has 0 amide bonds. The predicted molar refractivity (Wildman–Crippen MR) is 66.7 cm³/mol. The zero-order chi connectivity index (χ0) is 12.5. The first-order chi connectivity index (χ1) is 8.30. The molecule has 96 valence electrons. The molecule has 0 aliphatic carbocycles. The molecule has 17 heavy (non-hydrogen) atoms. The zero-order valence-corrected chi connectivity index (χ0v) is 10.5. The van der Waals surface area contributed by atoms with Gasteiger partial charge in [0.1, 0.15) is 0 Å². The lowest BCUT2D eigenvalue weighted by atomic mass is 10.1. The molecular formula is C13H21NO3. The minimum absolute atomic E-state index is 0.0803. The Hall–Kier alpha value is -0.940. The number of benzene rings is 1. The van der Waals surface area contributed by atoms with Gasteiger partial charge in [-0.2, -0.15) is 0 Å². The summed E-state index contributed by atoms with van der Waals surface area (Å²) in [6.45, 7) is 2.22.